The van der Waals surface area contributed by atoms with Gasteiger partial charge in [-0.1, -0.05) is 0 Å². The van der Waals surface area contributed by atoms with Crippen LogP contribution in [-0.4, -0.2) is 51.1 Å². The fourth-order valence-electron chi connectivity index (χ4n) is 2.19. The number of thiazole rings is 1. The predicted molar refractivity (Wildman–Crippen MR) is 76.5 cm³/mol. The van der Waals surface area contributed by atoms with Crippen LogP contribution < -0.4 is 5.32 Å². The van der Waals surface area contributed by atoms with E-state index in [-0.39, 0.29) is 12.5 Å². The number of hydrogen-bond acceptors (Lipinski definition) is 7. The summed E-state index contributed by atoms with van der Waals surface area (Å²) in [6.45, 7) is 1.03. The van der Waals surface area contributed by atoms with E-state index < -0.39 is 5.97 Å². The third-order valence-corrected chi connectivity index (χ3v) is 4.07. The summed E-state index contributed by atoms with van der Waals surface area (Å²) in [7, 11) is 1.78. The number of rotatable bonds is 5. The zero-order chi connectivity index (χ0) is 14.8. The summed E-state index contributed by atoms with van der Waals surface area (Å²) in [4.78, 5) is 19.9. The first kappa shape index (κ1) is 14.0. The molecule has 0 aliphatic carbocycles. The van der Waals surface area contributed by atoms with E-state index >= 15 is 0 Å². The number of nitrogens with one attached hydrogen (secondary N) is 1. The molecule has 0 amide bonds. The maximum Gasteiger partial charge on any atom is 0.325 e. The largest absolute Gasteiger partial charge is 0.480 e. The molecular formula is C12H15N5O3S. The molecule has 1 fully saturated rings. The highest BCUT2D eigenvalue weighted by atomic mass is 32.1. The Morgan fingerprint density at radius 2 is 2.48 bits per heavy atom. The fourth-order valence-corrected chi connectivity index (χ4v) is 2.84. The molecule has 1 aliphatic rings. The molecule has 9 heteroatoms. The minimum Gasteiger partial charge on any atom is -0.480 e. The Kier molecular flexibility index (Phi) is 3.84. The number of aromatic nitrogens is 4. The Bertz CT molecular complexity index is 647. The molecular weight excluding hydrogens is 294 g/mol. The summed E-state index contributed by atoms with van der Waals surface area (Å²) >= 11 is 1.44. The zero-order valence-corrected chi connectivity index (χ0v) is 12.3. The van der Waals surface area contributed by atoms with Crippen LogP contribution in [0.3, 0.4) is 0 Å². The smallest absolute Gasteiger partial charge is 0.325 e. The number of hydrogen-bond donors (Lipinski definition) is 2. The van der Waals surface area contributed by atoms with Gasteiger partial charge in [-0.2, -0.15) is 5.10 Å². The van der Waals surface area contributed by atoms with Gasteiger partial charge < -0.3 is 15.2 Å². The van der Waals surface area contributed by atoms with E-state index in [0.29, 0.717) is 30.6 Å². The molecule has 3 rings (SSSR count). The minimum absolute atomic E-state index is 0.126. The second-order valence-electron chi connectivity index (χ2n) is 4.69. The number of carboxylic acids is 1. The van der Waals surface area contributed by atoms with Crippen LogP contribution in [0.25, 0.3) is 11.5 Å². The number of anilines is 1. The molecule has 1 aliphatic heterocycles. The van der Waals surface area contributed by atoms with Crippen molar-refractivity contribution in [1.29, 1.82) is 0 Å². The SMILES string of the molecule is CNc1nc(-c2nc([C@H]3CCOC3)nn2CC(=O)O)cs1. The lowest BCUT2D eigenvalue weighted by Crippen LogP contribution is -2.12. The van der Waals surface area contributed by atoms with Gasteiger partial charge in [0.1, 0.15) is 12.2 Å². The van der Waals surface area contributed by atoms with Gasteiger partial charge in [0.05, 0.1) is 6.61 Å². The Morgan fingerprint density at radius 3 is 3.10 bits per heavy atom. The monoisotopic (exact) mass is 309 g/mol. The predicted octanol–water partition coefficient (Wildman–Crippen LogP) is 1.03. The van der Waals surface area contributed by atoms with Crippen molar-refractivity contribution in [2.45, 2.75) is 18.9 Å². The molecule has 0 bridgehead atoms. The first-order valence-corrected chi connectivity index (χ1v) is 7.43. The normalized spacial score (nSPS) is 18.0. The van der Waals surface area contributed by atoms with E-state index in [1.165, 1.54) is 16.0 Å². The van der Waals surface area contributed by atoms with Gasteiger partial charge >= 0.3 is 5.97 Å². The van der Waals surface area contributed by atoms with E-state index in [1.807, 2.05) is 5.38 Å². The van der Waals surface area contributed by atoms with Crippen molar-refractivity contribution in [1.82, 2.24) is 19.7 Å². The second-order valence-corrected chi connectivity index (χ2v) is 5.55. The molecule has 1 atom stereocenters. The van der Waals surface area contributed by atoms with E-state index in [9.17, 15) is 4.79 Å². The van der Waals surface area contributed by atoms with Crippen LogP contribution in [0, 0.1) is 0 Å². The first-order chi connectivity index (χ1) is 10.2. The fraction of sp³-hybridized carbons (Fsp3) is 0.500. The Morgan fingerprint density at radius 1 is 1.62 bits per heavy atom. The first-order valence-electron chi connectivity index (χ1n) is 6.55. The lowest BCUT2D eigenvalue weighted by molar-refractivity contribution is -0.137. The van der Waals surface area contributed by atoms with Gasteiger partial charge in [-0.15, -0.1) is 11.3 Å². The minimum atomic E-state index is -0.959. The van der Waals surface area contributed by atoms with Gasteiger partial charge in [0, 0.05) is 25.0 Å². The molecule has 0 aromatic carbocycles. The Balaban J connectivity index is 1.97. The van der Waals surface area contributed by atoms with Crippen LogP contribution in [0.4, 0.5) is 5.13 Å². The third kappa shape index (κ3) is 2.88. The van der Waals surface area contributed by atoms with Gasteiger partial charge in [-0.25, -0.2) is 14.6 Å². The quantitative estimate of drug-likeness (QED) is 0.850. The summed E-state index contributed by atoms with van der Waals surface area (Å²) in [5, 5.41) is 18.9. The van der Waals surface area contributed by atoms with Crippen molar-refractivity contribution in [3.05, 3.63) is 11.2 Å². The molecule has 8 nitrogen and oxygen atoms in total. The highest BCUT2D eigenvalue weighted by Crippen LogP contribution is 2.27. The number of carboxylic acid groups (broad SMARTS) is 1. The average Bonchev–Trinajstić information content (AvgIpc) is 3.17. The van der Waals surface area contributed by atoms with E-state index in [2.05, 4.69) is 20.4 Å². The van der Waals surface area contributed by atoms with Gasteiger partial charge in [0.25, 0.3) is 0 Å². The van der Waals surface area contributed by atoms with Gasteiger partial charge in [-0.3, -0.25) is 4.79 Å². The molecule has 1 saturated heterocycles. The van der Waals surface area contributed by atoms with E-state index in [0.717, 1.165) is 11.6 Å². The summed E-state index contributed by atoms with van der Waals surface area (Å²) in [5.41, 5.74) is 0.628. The molecule has 112 valence electrons. The van der Waals surface area contributed by atoms with Crippen LogP contribution >= 0.6 is 11.3 Å². The van der Waals surface area contributed by atoms with Crippen LogP contribution in [0.1, 0.15) is 18.2 Å². The van der Waals surface area contributed by atoms with Gasteiger partial charge in [-0.05, 0) is 6.42 Å². The molecule has 0 spiro atoms. The molecule has 0 saturated carbocycles. The molecule has 0 radical (unpaired) electrons. The summed E-state index contributed by atoms with van der Waals surface area (Å²) in [6, 6.07) is 0. The topological polar surface area (TPSA) is 102 Å². The average molecular weight is 309 g/mol. The zero-order valence-electron chi connectivity index (χ0n) is 11.4. The number of ether oxygens (including phenoxy) is 1. The number of carbonyl (C=O) groups is 1. The molecule has 0 unspecified atom stereocenters. The van der Waals surface area contributed by atoms with Crippen LogP contribution in [0.5, 0.6) is 0 Å². The van der Waals surface area contributed by atoms with Crippen molar-refractivity contribution in [3.63, 3.8) is 0 Å². The van der Waals surface area contributed by atoms with Gasteiger partial charge in [0.15, 0.2) is 16.8 Å². The molecule has 21 heavy (non-hydrogen) atoms. The maximum atomic E-state index is 11.0. The van der Waals surface area contributed by atoms with Crippen LogP contribution in [-0.2, 0) is 16.1 Å². The van der Waals surface area contributed by atoms with E-state index in [1.54, 1.807) is 7.05 Å². The van der Waals surface area contributed by atoms with E-state index in [4.69, 9.17) is 9.84 Å². The van der Waals surface area contributed by atoms with Crippen LogP contribution in [0.2, 0.25) is 0 Å². The van der Waals surface area contributed by atoms with Crippen molar-refractivity contribution in [3.8, 4) is 11.5 Å². The standard InChI is InChI=1S/C12H15N5O3S/c1-13-12-14-8(6-21-12)11-15-10(7-2-3-20-5-7)16-17(11)4-9(18)19/h6-7H,2-5H2,1H3,(H,13,14)(H,18,19)/t7-/m0/s1. The highest BCUT2D eigenvalue weighted by Gasteiger charge is 2.25. The summed E-state index contributed by atoms with van der Waals surface area (Å²) < 4.78 is 6.73. The lowest BCUT2D eigenvalue weighted by atomic mass is 10.1. The Hall–Kier alpha value is -2.00. The summed E-state index contributed by atoms with van der Waals surface area (Å²) in [5.74, 6) is 0.278. The molecule has 2 N–H and O–H groups in total. The van der Waals surface area contributed by atoms with Crippen LogP contribution in [0.15, 0.2) is 5.38 Å². The summed E-state index contributed by atoms with van der Waals surface area (Å²) in [6.07, 6.45) is 0.857. The van der Waals surface area contributed by atoms with Crippen molar-refractivity contribution in [2.24, 2.45) is 0 Å². The molecule has 2 aromatic rings. The Labute approximate surface area is 124 Å². The molecule has 3 heterocycles. The van der Waals surface area contributed by atoms with Crippen molar-refractivity contribution >= 4 is 22.4 Å². The van der Waals surface area contributed by atoms with Crippen molar-refractivity contribution < 1.29 is 14.6 Å². The lowest BCUT2D eigenvalue weighted by Gasteiger charge is -2.00. The second kappa shape index (κ2) is 5.78. The van der Waals surface area contributed by atoms with Crippen molar-refractivity contribution in [2.75, 3.05) is 25.6 Å². The third-order valence-electron chi connectivity index (χ3n) is 3.22. The highest BCUT2D eigenvalue weighted by molar-refractivity contribution is 7.14. The number of aliphatic carboxylic acids is 1. The van der Waals surface area contributed by atoms with Gasteiger partial charge in [0.2, 0.25) is 0 Å². The molecule has 2 aromatic heterocycles. The maximum absolute atomic E-state index is 11.0. The number of nitrogens with zero attached hydrogens (tertiary/aromatic N) is 4.